The van der Waals surface area contributed by atoms with Gasteiger partial charge in [-0.25, -0.2) is 9.97 Å². The van der Waals surface area contributed by atoms with Gasteiger partial charge in [0.25, 0.3) is 0 Å². The van der Waals surface area contributed by atoms with E-state index in [1.54, 1.807) is 0 Å². The number of para-hydroxylation sites is 2. The molecule has 0 radical (unpaired) electrons. The molecule has 7 rings (SSSR count). The Hall–Kier alpha value is -4.88. The fourth-order valence-electron chi connectivity index (χ4n) is 5.12. The molecule has 0 bridgehead atoms. The lowest BCUT2D eigenvalue weighted by atomic mass is 10.1. The molecule has 3 aromatic carbocycles. The van der Waals surface area contributed by atoms with Crippen molar-refractivity contribution in [3.63, 3.8) is 0 Å². The fraction of sp³-hybridized carbons (Fsp3) is 0.0909. The van der Waals surface area contributed by atoms with Gasteiger partial charge in [-0.15, -0.1) is 0 Å². The van der Waals surface area contributed by atoms with Gasteiger partial charge < -0.3 is 4.74 Å². The SMILES string of the molecule is C[Si](C)(C)c1ccc(-c2cc3c(cn2)ncn2c4ccccc4nc32)cc1Oc1cccc(-c2ccccn2)c1. The van der Waals surface area contributed by atoms with Gasteiger partial charge in [0.05, 0.1) is 42.2 Å². The molecule has 0 aliphatic rings. The number of benzene rings is 3. The first-order valence-electron chi connectivity index (χ1n) is 13.3. The van der Waals surface area contributed by atoms with E-state index in [-0.39, 0.29) is 0 Å². The third kappa shape index (κ3) is 4.30. The van der Waals surface area contributed by atoms with Gasteiger partial charge in [-0.05, 0) is 53.7 Å². The summed E-state index contributed by atoms with van der Waals surface area (Å²) in [7, 11) is -1.71. The molecule has 0 N–H and O–H groups in total. The number of rotatable bonds is 5. The lowest BCUT2D eigenvalue weighted by Crippen LogP contribution is -2.38. The molecule has 7 heteroatoms. The number of imidazole rings is 1. The molecule has 0 aliphatic carbocycles. The van der Waals surface area contributed by atoms with Gasteiger partial charge in [0, 0.05) is 22.7 Å². The average Bonchev–Trinajstić information content (AvgIpc) is 3.36. The van der Waals surface area contributed by atoms with Crippen LogP contribution in [0, 0.1) is 0 Å². The van der Waals surface area contributed by atoms with Crippen molar-refractivity contribution in [3.8, 4) is 34.0 Å². The second-order valence-corrected chi connectivity index (χ2v) is 16.0. The fourth-order valence-corrected chi connectivity index (χ4v) is 6.57. The Bertz CT molecular complexity index is 2030. The quantitative estimate of drug-likeness (QED) is 0.213. The van der Waals surface area contributed by atoms with Crippen LogP contribution in [0.4, 0.5) is 0 Å². The standard InChI is InChI=1S/C33H27N5OSi/c1-40(2,3)32-15-14-23(18-31(32)39-24-10-8-9-22(17-24)26-11-6-7-16-34-26)28-19-25-29(20-35-28)36-21-38-30-13-5-4-12-27(30)37-33(25)38/h4-21H,1-3H3. The predicted octanol–water partition coefficient (Wildman–Crippen LogP) is 7.50. The number of hydrogen-bond donors (Lipinski definition) is 0. The molecule has 0 atom stereocenters. The van der Waals surface area contributed by atoms with Crippen LogP contribution in [0.15, 0.2) is 110 Å². The van der Waals surface area contributed by atoms with E-state index < -0.39 is 8.07 Å². The second kappa shape index (κ2) is 9.39. The highest BCUT2D eigenvalue weighted by Crippen LogP contribution is 2.31. The van der Waals surface area contributed by atoms with Gasteiger partial charge in [-0.2, -0.15) is 0 Å². The number of fused-ring (bicyclic) bond motifs is 5. The van der Waals surface area contributed by atoms with Crippen molar-refractivity contribution in [1.82, 2.24) is 24.3 Å². The Morgan fingerprint density at radius 2 is 1.55 bits per heavy atom. The van der Waals surface area contributed by atoms with Crippen LogP contribution in [0.3, 0.4) is 0 Å². The van der Waals surface area contributed by atoms with Crippen LogP contribution in [0.5, 0.6) is 11.5 Å². The Kier molecular flexibility index (Phi) is 5.68. The maximum atomic E-state index is 6.61. The molecular formula is C33H27N5OSi. The molecule has 0 fully saturated rings. The van der Waals surface area contributed by atoms with Gasteiger partial charge in [0.2, 0.25) is 0 Å². The minimum atomic E-state index is -1.71. The molecule has 7 aromatic rings. The Labute approximate surface area is 233 Å². The smallest absolute Gasteiger partial charge is 0.148 e. The minimum Gasteiger partial charge on any atom is -0.457 e. The molecule has 0 saturated heterocycles. The van der Waals surface area contributed by atoms with Gasteiger partial charge in [0.15, 0.2) is 0 Å². The van der Waals surface area contributed by atoms with Gasteiger partial charge in [-0.1, -0.05) is 62.1 Å². The van der Waals surface area contributed by atoms with Crippen molar-refractivity contribution in [2.45, 2.75) is 19.6 Å². The summed E-state index contributed by atoms with van der Waals surface area (Å²) in [6.45, 7) is 7.00. The molecule has 0 aliphatic heterocycles. The van der Waals surface area contributed by atoms with Crippen LogP contribution in [0.2, 0.25) is 19.6 Å². The zero-order chi connectivity index (χ0) is 27.3. The lowest BCUT2D eigenvalue weighted by Gasteiger charge is -2.22. The molecule has 6 nitrogen and oxygen atoms in total. The van der Waals surface area contributed by atoms with E-state index in [4.69, 9.17) is 14.7 Å². The number of hydrogen-bond acceptors (Lipinski definition) is 5. The number of pyridine rings is 2. The first kappa shape index (κ1) is 24.2. The number of aromatic nitrogens is 5. The van der Waals surface area contributed by atoms with Crippen LogP contribution in [-0.4, -0.2) is 32.4 Å². The van der Waals surface area contributed by atoms with Gasteiger partial charge >= 0.3 is 0 Å². The topological polar surface area (TPSA) is 65.2 Å². The first-order valence-corrected chi connectivity index (χ1v) is 16.8. The van der Waals surface area contributed by atoms with E-state index in [1.165, 1.54) is 5.19 Å². The zero-order valence-corrected chi connectivity index (χ0v) is 23.5. The Morgan fingerprint density at radius 1 is 0.700 bits per heavy atom. The summed E-state index contributed by atoms with van der Waals surface area (Å²) in [5.74, 6) is 1.64. The highest BCUT2D eigenvalue weighted by molar-refractivity contribution is 6.89. The van der Waals surface area contributed by atoms with E-state index in [1.807, 2.05) is 77.7 Å². The maximum Gasteiger partial charge on any atom is 0.148 e. The third-order valence-electron chi connectivity index (χ3n) is 7.14. The monoisotopic (exact) mass is 537 g/mol. The molecular weight excluding hydrogens is 510 g/mol. The van der Waals surface area contributed by atoms with Crippen LogP contribution in [0.25, 0.3) is 50.1 Å². The summed E-state index contributed by atoms with van der Waals surface area (Å²) < 4.78 is 8.65. The first-order chi connectivity index (χ1) is 19.4. The van der Waals surface area contributed by atoms with Crippen LogP contribution in [-0.2, 0) is 0 Å². The van der Waals surface area contributed by atoms with E-state index in [0.717, 1.165) is 61.6 Å². The summed E-state index contributed by atoms with van der Waals surface area (Å²) in [5.41, 5.74) is 7.43. The van der Waals surface area contributed by atoms with Crippen molar-refractivity contribution in [3.05, 3.63) is 110 Å². The largest absolute Gasteiger partial charge is 0.457 e. The molecule has 0 unspecified atom stereocenters. The number of nitrogens with zero attached hydrogens (tertiary/aromatic N) is 5. The van der Waals surface area contributed by atoms with E-state index >= 15 is 0 Å². The molecule has 4 heterocycles. The Morgan fingerprint density at radius 3 is 2.40 bits per heavy atom. The summed E-state index contributed by atoms with van der Waals surface area (Å²) in [5, 5.41) is 2.22. The third-order valence-corrected chi connectivity index (χ3v) is 9.17. The summed E-state index contributed by atoms with van der Waals surface area (Å²) >= 11 is 0. The normalized spacial score (nSPS) is 11.9. The highest BCUT2D eigenvalue weighted by atomic mass is 28.3. The van der Waals surface area contributed by atoms with Crippen molar-refractivity contribution in [1.29, 1.82) is 0 Å². The zero-order valence-electron chi connectivity index (χ0n) is 22.5. The average molecular weight is 538 g/mol. The molecule has 4 aromatic heterocycles. The molecule has 0 spiro atoms. The Balaban J connectivity index is 1.33. The summed E-state index contributed by atoms with van der Waals surface area (Å²) in [4.78, 5) is 18.8. The van der Waals surface area contributed by atoms with Crippen LogP contribution >= 0.6 is 0 Å². The van der Waals surface area contributed by atoms with Gasteiger partial charge in [0.1, 0.15) is 23.5 Å². The highest BCUT2D eigenvalue weighted by Gasteiger charge is 2.23. The van der Waals surface area contributed by atoms with Crippen molar-refractivity contribution in [2.75, 3.05) is 0 Å². The molecule has 194 valence electrons. The summed E-state index contributed by atoms with van der Waals surface area (Å²) in [6.07, 6.45) is 5.46. The van der Waals surface area contributed by atoms with E-state index in [2.05, 4.69) is 66.0 Å². The van der Waals surface area contributed by atoms with Gasteiger partial charge in [-0.3, -0.25) is 14.4 Å². The summed E-state index contributed by atoms with van der Waals surface area (Å²) in [6, 6.07) is 30.7. The van der Waals surface area contributed by atoms with Crippen molar-refractivity contribution in [2.24, 2.45) is 0 Å². The molecule has 0 amide bonds. The molecule has 40 heavy (non-hydrogen) atoms. The number of ether oxygens (including phenoxy) is 1. The lowest BCUT2D eigenvalue weighted by molar-refractivity contribution is 0.486. The van der Waals surface area contributed by atoms with E-state index in [9.17, 15) is 0 Å². The maximum absolute atomic E-state index is 6.61. The van der Waals surface area contributed by atoms with Crippen LogP contribution in [0.1, 0.15) is 0 Å². The van der Waals surface area contributed by atoms with E-state index in [0.29, 0.717) is 0 Å². The van der Waals surface area contributed by atoms with Crippen molar-refractivity contribution >= 4 is 40.8 Å². The second-order valence-electron chi connectivity index (χ2n) is 10.9. The van der Waals surface area contributed by atoms with Crippen molar-refractivity contribution < 1.29 is 4.74 Å². The minimum absolute atomic E-state index is 0.779. The van der Waals surface area contributed by atoms with Crippen LogP contribution < -0.4 is 9.92 Å². The predicted molar refractivity (Wildman–Crippen MR) is 164 cm³/mol. The molecule has 0 saturated carbocycles.